The van der Waals surface area contributed by atoms with Crippen molar-refractivity contribution in [3.8, 4) is 11.1 Å². The van der Waals surface area contributed by atoms with Crippen molar-refractivity contribution in [3.63, 3.8) is 0 Å². The van der Waals surface area contributed by atoms with E-state index in [4.69, 9.17) is 5.14 Å². The summed E-state index contributed by atoms with van der Waals surface area (Å²) in [5.74, 6) is -3.24. The van der Waals surface area contributed by atoms with Gasteiger partial charge in [0.15, 0.2) is 16.8 Å². The molecular weight excluding hydrogens is 551 g/mol. The van der Waals surface area contributed by atoms with E-state index >= 15 is 8.78 Å². The van der Waals surface area contributed by atoms with Crippen molar-refractivity contribution in [1.82, 2.24) is 14.5 Å². The molecule has 2 aromatic heterocycles. The number of nitrogens with two attached hydrogens (primary N) is 1. The zero-order valence-electron chi connectivity index (χ0n) is 19.7. The summed E-state index contributed by atoms with van der Waals surface area (Å²) in [7, 11) is -4.48. The summed E-state index contributed by atoms with van der Waals surface area (Å²) in [5, 5.41) is 3.63. The van der Waals surface area contributed by atoms with Gasteiger partial charge in [0.2, 0.25) is 10.0 Å². The number of halogens is 5. The van der Waals surface area contributed by atoms with Crippen LogP contribution in [0.1, 0.15) is 29.3 Å². The fourth-order valence-corrected chi connectivity index (χ4v) is 5.46. The van der Waals surface area contributed by atoms with Crippen molar-refractivity contribution in [3.05, 3.63) is 87.8 Å². The third kappa shape index (κ3) is 5.02. The van der Waals surface area contributed by atoms with Gasteiger partial charge in [-0.05, 0) is 24.8 Å². The molecule has 0 bridgehead atoms. The Morgan fingerprint density at radius 3 is 2.26 bits per heavy atom. The predicted octanol–water partition coefficient (Wildman–Crippen LogP) is 4.96. The zero-order valence-corrected chi connectivity index (χ0v) is 21.3. The van der Waals surface area contributed by atoms with Crippen molar-refractivity contribution in [2.45, 2.75) is 29.5 Å². The lowest BCUT2D eigenvalue weighted by molar-refractivity contribution is -0.162. The maximum Gasteiger partial charge on any atom is 0.409 e. The predicted molar refractivity (Wildman–Crippen MR) is 133 cm³/mol. The Morgan fingerprint density at radius 1 is 1.03 bits per heavy atom. The lowest BCUT2D eigenvalue weighted by atomic mass is 9.98. The van der Waals surface area contributed by atoms with Crippen LogP contribution in [-0.2, 0) is 10.0 Å². The van der Waals surface area contributed by atoms with Crippen molar-refractivity contribution in [1.29, 1.82) is 0 Å². The highest BCUT2D eigenvalue weighted by Gasteiger charge is 2.40. The number of hydrogen-bond donors (Lipinski definition) is 1. The Balaban J connectivity index is 1.99. The average molecular weight is 571 g/mol. The van der Waals surface area contributed by atoms with E-state index < -0.39 is 61.4 Å². The number of sulfonamides is 1. The molecule has 0 saturated carbocycles. The van der Waals surface area contributed by atoms with Crippen LogP contribution in [0.4, 0.5) is 22.0 Å². The van der Waals surface area contributed by atoms with Crippen LogP contribution in [0.2, 0.25) is 0 Å². The van der Waals surface area contributed by atoms with Gasteiger partial charge in [-0.15, -0.1) is 0 Å². The highest BCUT2D eigenvalue weighted by molar-refractivity contribution is 7.98. The molecule has 7 nitrogen and oxygen atoms in total. The van der Waals surface area contributed by atoms with Crippen LogP contribution < -0.4 is 10.7 Å². The quantitative estimate of drug-likeness (QED) is 0.200. The van der Waals surface area contributed by atoms with Gasteiger partial charge in [-0.1, -0.05) is 54.2 Å². The molecule has 2 aromatic carbocycles. The Hall–Kier alpha value is -3.36. The van der Waals surface area contributed by atoms with Gasteiger partial charge < -0.3 is 0 Å². The summed E-state index contributed by atoms with van der Waals surface area (Å²) in [4.78, 5) is 21.4. The first kappa shape index (κ1) is 27.7. The van der Waals surface area contributed by atoms with Gasteiger partial charge in [-0.3, -0.25) is 9.36 Å². The van der Waals surface area contributed by atoms with Gasteiger partial charge in [-0.25, -0.2) is 32.3 Å². The SMILES string of the molecule is CSc1ncc2cc(-c3ccc(C(c4ccccc4)S(N)(=O)=O)c(F)c3F)c(=O)n(C(C)C(F)(F)F)c2n1. The molecule has 4 rings (SSSR count). The minimum Gasteiger partial charge on any atom is -0.280 e. The number of hydrogen-bond acceptors (Lipinski definition) is 6. The molecular formula is C24H19F5N4O3S2. The van der Waals surface area contributed by atoms with Gasteiger partial charge in [-0.2, -0.15) is 13.2 Å². The number of pyridine rings is 1. The average Bonchev–Trinajstić information content (AvgIpc) is 2.85. The van der Waals surface area contributed by atoms with Crippen LogP contribution in [-0.4, -0.2) is 35.4 Å². The minimum atomic E-state index is -4.87. The van der Waals surface area contributed by atoms with E-state index in [0.717, 1.165) is 36.9 Å². The second kappa shape index (κ2) is 10.1. The molecule has 2 unspecified atom stereocenters. The summed E-state index contributed by atoms with van der Waals surface area (Å²) in [6.45, 7) is 0.738. The maximum absolute atomic E-state index is 15.5. The third-order valence-electron chi connectivity index (χ3n) is 5.91. The molecule has 0 aliphatic carbocycles. The summed E-state index contributed by atoms with van der Waals surface area (Å²) >= 11 is 1.04. The van der Waals surface area contributed by atoms with E-state index in [1.165, 1.54) is 30.5 Å². The van der Waals surface area contributed by atoms with Gasteiger partial charge in [0.1, 0.15) is 16.9 Å². The van der Waals surface area contributed by atoms with Crippen LogP contribution in [0.25, 0.3) is 22.2 Å². The number of nitrogens with zero attached hydrogens (tertiary/aromatic N) is 3. The van der Waals surface area contributed by atoms with Gasteiger partial charge in [0, 0.05) is 22.7 Å². The number of primary sulfonamides is 1. The van der Waals surface area contributed by atoms with E-state index in [2.05, 4.69) is 9.97 Å². The van der Waals surface area contributed by atoms with Crippen molar-refractivity contribution < 1.29 is 30.4 Å². The van der Waals surface area contributed by atoms with E-state index in [-0.39, 0.29) is 21.8 Å². The molecule has 0 radical (unpaired) electrons. The lowest BCUT2D eigenvalue weighted by Gasteiger charge is -2.22. The molecule has 0 amide bonds. The van der Waals surface area contributed by atoms with Gasteiger partial charge in [0.25, 0.3) is 5.56 Å². The van der Waals surface area contributed by atoms with E-state index in [1.54, 1.807) is 12.3 Å². The molecule has 14 heteroatoms. The summed E-state index contributed by atoms with van der Waals surface area (Å²) in [5.41, 5.74) is -3.43. The molecule has 2 N–H and O–H groups in total. The minimum absolute atomic E-state index is 0.0240. The second-order valence-electron chi connectivity index (χ2n) is 8.30. The van der Waals surface area contributed by atoms with E-state index in [0.29, 0.717) is 4.57 Å². The lowest BCUT2D eigenvalue weighted by Crippen LogP contribution is -2.34. The van der Waals surface area contributed by atoms with Crippen LogP contribution in [0.5, 0.6) is 0 Å². The topological polar surface area (TPSA) is 108 Å². The second-order valence-corrected chi connectivity index (χ2v) is 10.7. The molecule has 38 heavy (non-hydrogen) atoms. The van der Waals surface area contributed by atoms with Crippen LogP contribution in [0, 0.1) is 11.6 Å². The Bertz CT molecular complexity index is 1690. The zero-order chi connectivity index (χ0) is 28.0. The molecule has 0 aliphatic heterocycles. The van der Waals surface area contributed by atoms with Crippen LogP contribution in [0.3, 0.4) is 0 Å². The molecule has 4 aromatic rings. The highest BCUT2D eigenvalue weighted by atomic mass is 32.2. The molecule has 0 aliphatic rings. The summed E-state index contributed by atoms with van der Waals surface area (Å²) in [6.07, 6.45) is -2.10. The first-order valence-corrected chi connectivity index (χ1v) is 13.7. The molecule has 0 spiro atoms. The number of alkyl halides is 3. The van der Waals surface area contributed by atoms with E-state index in [1.807, 2.05) is 0 Å². The van der Waals surface area contributed by atoms with Crippen LogP contribution >= 0.6 is 11.8 Å². The van der Waals surface area contributed by atoms with Crippen LogP contribution in [0.15, 0.2) is 64.7 Å². The standard InChI is InChI=1S/C24H19F5N4O3S2/c1-12(24(27,28)29)33-21-14(11-31-23(32-21)37-2)10-17(22(33)34)15-8-9-16(19(26)18(15)25)20(38(30,35)36)13-6-4-3-5-7-13/h3-12,20H,1-2H3,(H2,30,35,36). The number of aromatic nitrogens is 3. The van der Waals surface area contributed by atoms with Crippen molar-refractivity contribution in [2.24, 2.45) is 5.14 Å². The molecule has 0 fully saturated rings. The van der Waals surface area contributed by atoms with Crippen molar-refractivity contribution >= 4 is 32.8 Å². The first-order chi connectivity index (χ1) is 17.8. The molecule has 2 heterocycles. The largest absolute Gasteiger partial charge is 0.409 e. The number of thioether (sulfide) groups is 1. The summed E-state index contributed by atoms with van der Waals surface area (Å²) < 4.78 is 97.0. The molecule has 200 valence electrons. The highest BCUT2D eigenvalue weighted by Crippen LogP contribution is 2.36. The Labute approximate surface area is 217 Å². The fraction of sp³-hybridized carbons (Fsp3) is 0.208. The summed E-state index contributed by atoms with van der Waals surface area (Å²) in [6, 6.07) is 7.85. The normalized spacial score (nSPS) is 14.0. The number of fused-ring (bicyclic) bond motifs is 1. The third-order valence-corrected chi connectivity index (χ3v) is 7.66. The monoisotopic (exact) mass is 570 g/mol. The first-order valence-electron chi connectivity index (χ1n) is 10.8. The Morgan fingerprint density at radius 2 is 1.68 bits per heavy atom. The Kier molecular flexibility index (Phi) is 7.34. The molecule has 2 atom stereocenters. The van der Waals surface area contributed by atoms with Gasteiger partial charge in [0.05, 0.1) is 5.56 Å². The van der Waals surface area contributed by atoms with E-state index in [9.17, 15) is 26.4 Å². The van der Waals surface area contributed by atoms with Crippen molar-refractivity contribution in [2.75, 3.05) is 6.26 Å². The van der Waals surface area contributed by atoms with Gasteiger partial charge >= 0.3 is 6.18 Å². The maximum atomic E-state index is 15.5. The number of benzene rings is 2. The fourth-order valence-electron chi connectivity index (χ4n) is 4.05. The smallest absolute Gasteiger partial charge is 0.280 e. The molecule has 0 saturated heterocycles. The number of rotatable bonds is 6.